The molecule has 2 heterocycles. The fourth-order valence-corrected chi connectivity index (χ4v) is 3.39. The lowest BCUT2D eigenvalue weighted by Gasteiger charge is -2.22. The molecule has 1 N–H and O–H groups in total. The molecule has 1 aromatic carbocycles. The molecule has 1 atom stereocenters. The van der Waals surface area contributed by atoms with E-state index in [0.29, 0.717) is 24.4 Å². The van der Waals surface area contributed by atoms with E-state index >= 15 is 0 Å². The van der Waals surface area contributed by atoms with Crippen LogP contribution in [0.4, 0.5) is 11.4 Å². The number of carbonyl (C=O) groups excluding carboxylic acids is 3. The second kappa shape index (κ2) is 5.40. The molecule has 1 saturated heterocycles. The summed E-state index contributed by atoms with van der Waals surface area (Å²) in [5.74, 6) is 0.363. The van der Waals surface area contributed by atoms with Crippen molar-refractivity contribution in [2.75, 3.05) is 23.4 Å². The molecule has 2 aliphatic heterocycles. The Hall–Kier alpha value is -2.02. The number of fused-ring (bicyclic) bond motifs is 1. The normalized spacial score (nSPS) is 20.8. The minimum absolute atomic E-state index is 0.00598. The smallest absolute Gasteiger partial charge is 0.262 e. The topological polar surface area (TPSA) is 75.7 Å². The lowest BCUT2D eigenvalue weighted by molar-refractivity contribution is -0.119. The third kappa shape index (κ3) is 2.87. The van der Waals surface area contributed by atoms with E-state index < -0.39 is 0 Å². The SMILES string of the molecule is CC(=O)SC1CC(=O)N(c2ccc3c(c2)OCC(=O)N3)C1. The first-order valence-electron chi connectivity index (χ1n) is 6.57. The predicted molar refractivity (Wildman–Crippen MR) is 79.6 cm³/mol. The predicted octanol–water partition coefficient (Wildman–Crippen LogP) is 1.40. The molecule has 0 bridgehead atoms. The number of nitrogens with zero attached hydrogens (tertiary/aromatic N) is 1. The van der Waals surface area contributed by atoms with E-state index in [2.05, 4.69) is 5.32 Å². The van der Waals surface area contributed by atoms with Crippen LogP contribution in [0.1, 0.15) is 13.3 Å². The second-order valence-corrected chi connectivity index (χ2v) is 6.43. The van der Waals surface area contributed by atoms with Gasteiger partial charge in [-0.05, 0) is 12.1 Å². The molecule has 6 nitrogen and oxygen atoms in total. The highest BCUT2D eigenvalue weighted by atomic mass is 32.2. The van der Waals surface area contributed by atoms with Crippen LogP contribution in [0.15, 0.2) is 18.2 Å². The van der Waals surface area contributed by atoms with Gasteiger partial charge in [-0.3, -0.25) is 14.4 Å². The molecular formula is C14H14N2O4S. The second-order valence-electron chi connectivity index (χ2n) is 4.96. The van der Waals surface area contributed by atoms with Gasteiger partial charge in [0.2, 0.25) is 5.91 Å². The number of thioether (sulfide) groups is 1. The van der Waals surface area contributed by atoms with Crippen LogP contribution in [-0.4, -0.2) is 35.3 Å². The molecule has 1 aromatic rings. The Balaban J connectivity index is 1.80. The Morgan fingerprint density at radius 1 is 1.43 bits per heavy atom. The van der Waals surface area contributed by atoms with Gasteiger partial charge in [0.25, 0.3) is 5.91 Å². The van der Waals surface area contributed by atoms with E-state index in [0.717, 1.165) is 5.69 Å². The van der Waals surface area contributed by atoms with Gasteiger partial charge in [-0.15, -0.1) is 0 Å². The maximum atomic E-state index is 12.1. The van der Waals surface area contributed by atoms with Crippen LogP contribution < -0.4 is 15.0 Å². The molecule has 7 heteroatoms. The molecule has 0 saturated carbocycles. The first-order chi connectivity index (χ1) is 10.0. The third-order valence-electron chi connectivity index (χ3n) is 3.33. The maximum Gasteiger partial charge on any atom is 0.262 e. The monoisotopic (exact) mass is 306 g/mol. The molecule has 110 valence electrons. The number of benzene rings is 1. The standard InChI is InChI=1S/C14H14N2O4S/c1-8(17)21-10-5-14(19)16(6-10)9-2-3-11-12(4-9)20-7-13(18)15-11/h2-4,10H,5-7H2,1H3,(H,15,18). The molecule has 0 aliphatic carbocycles. The van der Waals surface area contributed by atoms with E-state index in [-0.39, 0.29) is 28.8 Å². The van der Waals surface area contributed by atoms with Crippen molar-refractivity contribution in [3.05, 3.63) is 18.2 Å². The molecular weight excluding hydrogens is 292 g/mol. The Morgan fingerprint density at radius 2 is 2.24 bits per heavy atom. The Morgan fingerprint density at radius 3 is 3.00 bits per heavy atom. The van der Waals surface area contributed by atoms with Crippen LogP contribution in [0.5, 0.6) is 5.75 Å². The van der Waals surface area contributed by atoms with Gasteiger partial charge in [0, 0.05) is 36.9 Å². The van der Waals surface area contributed by atoms with E-state index in [4.69, 9.17) is 4.74 Å². The molecule has 2 aliphatic rings. The number of ether oxygens (including phenoxy) is 1. The lowest BCUT2D eigenvalue weighted by atomic mass is 10.2. The zero-order valence-corrected chi connectivity index (χ0v) is 12.2. The highest BCUT2D eigenvalue weighted by Gasteiger charge is 2.32. The van der Waals surface area contributed by atoms with Crippen LogP contribution in [0.25, 0.3) is 0 Å². The van der Waals surface area contributed by atoms with E-state index in [1.807, 2.05) is 0 Å². The van der Waals surface area contributed by atoms with Crippen molar-refractivity contribution in [2.24, 2.45) is 0 Å². The van der Waals surface area contributed by atoms with Gasteiger partial charge in [-0.25, -0.2) is 0 Å². The van der Waals surface area contributed by atoms with Crippen molar-refractivity contribution >= 4 is 40.1 Å². The molecule has 2 amide bonds. The van der Waals surface area contributed by atoms with Crippen molar-refractivity contribution in [1.29, 1.82) is 0 Å². The fourth-order valence-electron chi connectivity index (χ4n) is 2.47. The molecule has 1 unspecified atom stereocenters. The van der Waals surface area contributed by atoms with Gasteiger partial charge < -0.3 is 15.0 Å². The number of hydrogen-bond donors (Lipinski definition) is 1. The zero-order valence-electron chi connectivity index (χ0n) is 11.4. The van der Waals surface area contributed by atoms with Gasteiger partial charge in [-0.1, -0.05) is 11.8 Å². The molecule has 21 heavy (non-hydrogen) atoms. The van der Waals surface area contributed by atoms with E-state index in [1.54, 1.807) is 23.1 Å². The summed E-state index contributed by atoms with van der Waals surface area (Å²) in [6.45, 7) is 1.99. The van der Waals surface area contributed by atoms with Gasteiger partial charge >= 0.3 is 0 Å². The van der Waals surface area contributed by atoms with Crippen molar-refractivity contribution < 1.29 is 19.1 Å². The summed E-state index contributed by atoms with van der Waals surface area (Å²) in [5.41, 5.74) is 1.33. The maximum absolute atomic E-state index is 12.1. The summed E-state index contributed by atoms with van der Waals surface area (Å²) < 4.78 is 5.35. The zero-order chi connectivity index (χ0) is 15.0. The summed E-state index contributed by atoms with van der Waals surface area (Å²) in [6, 6.07) is 5.24. The molecule has 0 aromatic heterocycles. The first-order valence-corrected chi connectivity index (χ1v) is 7.45. The summed E-state index contributed by atoms with van der Waals surface area (Å²) in [6.07, 6.45) is 0.360. The summed E-state index contributed by atoms with van der Waals surface area (Å²) in [4.78, 5) is 36.1. The Bertz CT molecular complexity index is 631. The summed E-state index contributed by atoms with van der Waals surface area (Å²) >= 11 is 1.20. The molecule has 3 rings (SSSR count). The van der Waals surface area contributed by atoms with Crippen molar-refractivity contribution in [3.63, 3.8) is 0 Å². The van der Waals surface area contributed by atoms with Crippen LogP contribution >= 0.6 is 11.8 Å². The average molecular weight is 306 g/mol. The van der Waals surface area contributed by atoms with Gasteiger partial charge in [0.1, 0.15) is 5.75 Å². The Kier molecular flexibility index (Phi) is 3.59. The van der Waals surface area contributed by atoms with E-state index in [1.165, 1.54) is 18.7 Å². The molecule has 0 spiro atoms. The number of carbonyl (C=O) groups is 3. The number of rotatable bonds is 2. The van der Waals surface area contributed by atoms with E-state index in [9.17, 15) is 14.4 Å². The van der Waals surface area contributed by atoms with Crippen LogP contribution in [-0.2, 0) is 14.4 Å². The fraction of sp³-hybridized carbons (Fsp3) is 0.357. The Labute approximate surface area is 125 Å². The van der Waals surface area contributed by atoms with Gasteiger partial charge in [-0.2, -0.15) is 0 Å². The number of hydrogen-bond acceptors (Lipinski definition) is 5. The largest absolute Gasteiger partial charge is 0.482 e. The van der Waals surface area contributed by atoms with Gasteiger partial charge in [0.15, 0.2) is 11.7 Å². The van der Waals surface area contributed by atoms with Crippen molar-refractivity contribution in [2.45, 2.75) is 18.6 Å². The molecule has 0 radical (unpaired) electrons. The quantitative estimate of drug-likeness (QED) is 0.894. The summed E-state index contributed by atoms with van der Waals surface area (Å²) in [5, 5.41) is 2.72. The highest BCUT2D eigenvalue weighted by molar-refractivity contribution is 8.14. The lowest BCUT2D eigenvalue weighted by Crippen LogP contribution is -2.27. The van der Waals surface area contributed by atoms with Crippen LogP contribution in [0.3, 0.4) is 0 Å². The highest BCUT2D eigenvalue weighted by Crippen LogP contribution is 2.35. The van der Waals surface area contributed by atoms with Crippen molar-refractivity contribution in [1.82, 2.24) is 0 Å². The molecule has 1 fully saturated rings. The van der Waals surface area contributed by atoms with Gasteiger partial charge in [0.05, 0.1) is 5.69 Å². The third-order valence-corrected chi connectivity index (χ3v) is 4.31. The average Bonchev–Trinajstić information content (AvgIpc) is 2.78. The van der Waals surface area contributed by atoms with Crippen molar-refractivity contribution in [3.8, 4) is 5.75 Å². The van der Waals surface area contributed by atoms with Crippen LogP contribution in [0, 0.1) is 0 Å². The summed E-state index contributed by atoms with van der Waals surface area (Å²) in [7, 11) is 0. The first kappa shape index (κ1) is 13.9. The minimum Gasteiger partial charge on any atom is -0.482 e. The number of nitrogens with one attached hydrogen (secondary N) is 1. The number of amides is 2. The number of anilines is 2. The minimum atomic E-state index is -0.189. The van der Waals surface area contributed by atoms with Crippen LogP contribution in [0.2, 0.25) is 0 Å².